The quantitative estimate of drug-likeness (QED) is 0.839. The van der Waals surface area contributed by atoms with Gasteiger partial charge in [-0.05, 0) is 19.1 Å². The summed E-state index contributed by atoms with van der Waals surface area (Å²) in [5.74, 6) is 1.97. The monoisotopic (exact) mass is 252 g/mol. The maximum Gasteiger partial charge on any atom is 0.144 e. The Hall–Kier alpha value is -1.03. The van der Waals surface area contributed by atoms with Crippen molar-refractivity contribution in [3.8, 4) is 5.75 Å². The number of thioether (sulfide) groups is 1. The zero-order valence-corrected chi connectivity index (χ0v) is 11.3. The number of rotatable bonds is 3. The van der Waals surface area contributed by atoms with Crippen LogP contribution in [0.3, 0.4) is 0 Å². The summed E-state index contributed by atoms with van der Waals surface area (Å²) in [5, 5.41) is 0.666. The van der Waals surface area contributed by atoms with Crippen molar-refractivity contribution in [1.82, 2.24) is 0 Å². The Morgan fingerprint density at radius 1 is 1.53 bits per heavy atom. The van der Waals surface area contributed by atoms with Crippen LogP contribution < -0.4 is 15.4 Å². The van der Waals surface area contributed by atoms with Gasteiger partial charge in [0, 0.05) is 24.1 Å². The molecule has 94 valence electrons. The Balaban J connectivity index is 2.22. The summed E-state index contributed by atoms with van der Waals surface area (Å²) < 4.78 is 5.54. The number of nitrogens with zero attached hydrogens (tertiary/aromatic N) is 1. The van der Waals surface area contributed by atoms with Crippen LogP contribution in [0.5, 0.6) is 5.75 Å². The summed E-state index contributed by atoms with van der Waals surface area (Å²) in [4.78, 5) is 2.36. The molecule has 1 aromatic carbocycles. The Morgan fingerprint density at radius 2 is 2.35 bits per heavy atom. The van der Waals surface area contributed by atoms with Gasteiger partial charge in [0.2, 0.25) is 0 Å². The number of para-hydroxylation sites is 1. The third-order valence-electron chi connectivity index (χ3n) is 2.92. The molecule has 1 aliphatic heterocycles. The number of ether oxygens (including phenoxy) is 1. The van der Waals surface area contributed by atoms with Gasteiger partial charge >= 0.3 is 0 Å². The standard InChI is InChI=1S/C13H20N2OS/c1-3-16-12-6-4-5-11(13(12)14)15-7-8-17-10(2)9-15/h4-6,10H,3,7-9,14H2,1-2H3. The maximum atomic E-state index is 6.17. The highest BCUT2D eigenvalue weighted by Gasteiger charge is 2.19. The van der Waals surface area contributed by atoms with Crippen LogP contribution in [0.4, 0.5) is 11.4 Å². The molecular weight excluding hydrogens is 232 g/mol. The van der Waals surface area contributed by atoms with E-state index in [1.165, 1.54) is 5.75 Å². The molecule has 0 aliphatic carbocycles. The SMILES string of the molecule is CCOc1cccc(N2CCSC(C)C2)c1N. The number of hydrogen-bond donors (Lipinski definition) is 1. The van der Waals surface area contributed by atoms with Crippen LogP contribution in [-0.2, 0) is 0 Å². The predicted molar refractivity (Wildman–Crippen MR) is 76.2 cm³/mol. The van der Waals surface area contributed by atoms with Crippen molar-refractivity contribution in [2.75, 3.05) is 36.1 Å². The Bertz CT molecular complexity index is 384. The number of benzene rings is 1. The molecule has 1 atom stereocenters. The molecule has 2 rings (SSSR count). The molecule has 0 spiro atoms. The van der Waals surface area contributed by atoms with Gasteiger partial charge in [0.1, 0.15) is 5.75 Å². The molecular formula is C13H20N2OS. The first-order chi connectivity index (χ1) is 8.22. The van der Waals surface area contributed by atoms with Crippen LogP contribution in [0.1, 0.15) is 13.8 Å². The summed E-state index contributed by atoms with van der Waals surface area (Å²) in [6.07, 6.45) is 0. The average molecular weight is 252 g/mol. The average Bonchev–Trinajstić information content (AvgIpc) is 2.32. The lowest BCUT2D eigenvalue weighted by atomic mass is 10.2. The van der Waals surface area contributed by atoms with Crippen molar-refractivity contribution in [2.45, 2.75) is 19.1 Å². The molecule has 1 saturated heterocycles. The number of hydrogen-bond acceptors (Lipinski definition) is 4. The first-order valence-electron chi connectivity index (χ1n) is 6.10. The normalized spacial score (nSPS) is 20.4. The molecule has 0 bridgehead atoms. The summed E-state index contributed by atoms with van der Waals surface area (Å²) in [7, 11) is 0. The zero-order chi connectivity index (χ0) is 12.3. The fourth-order valence-electron chi connectivity index (χ4n) is 2.13. The van der Waals surface area contributed by atoms with E-state index in [0.717, 1.165) is 30.2 Å². The van der Waals surface area contributed by atoms with Gasteiger partial charge < -0.3 is 15.4 Å². The molecule has 0 amide bonds. The molecule has 0 aromatic heterocycles. The van der Waals surface area contributed by atoms with E-state index < -0.39 is 0 Å². The number of anilines is 2. The maximum absolute atomic E-state index is 6.17. The third kappa shape index (κ3) is 2.80. The molecule has 3 nitrogen and oxygen atoms in total. The summed E-state index contributed by atoms with van der Waals surface area (Å²) in [6, 6.07) is 6.04. The predicted octanol–water partition coefficient (Wildman–Crippen LogP) is 2.61. The van der Waals surface area contributed by atoms with E-state index in [4.69, 9.17) is 10.5 Å². The highest BCUT2D eigenvalue weighted by Crippen LogP contribution is 2.34. The minimum absolute atomic E-state index is 0.653. The minimum Gasteiger partial charge on any atom is -0.492 e. The topological polar surface area (TPSA) is 38.5 Å². The van der Waals surface area contributed by atoms with E-state index in [0.29, 0.717) is 11.9 Å². The van der Waals surface area contributed by atoms with Crippen molar-refractivity contribution < 1.29 is 4.74 Å². The second-order valence-electron chi connectivity index (χ2n) is 4.25. The Morgan fingerprint density at radius 3 is 3.06 bits per heavy atom. The van der Waals surface area contributed by atoms with Gasteiger partial charge in [0.15, 0.2) is 0 Å². The molecule has 4 heteroatoms. The highest BCUT2D eigenvalue weighted by molar-refractivity contribution is 8.00. The third-order valence-corrected chi connectivity index (χ3v) is 4.06. The molecule has 0 saturated carbocycles. The van der Waals surface area contributed by atoms with Gasteiger partial charge in [0.25, 0.3) is 0 Å². The first-order valence-corrected chi connectivity index (χ1v) is 7.15. The van der Waals surface area contributed by atoms with E-state index in [1.54, 1.807) is 0 Å². The van der Waals surface area contributed by atoms with Crippen LogP contribution in [0, 0.1) is 0 Å². The van der Waals surface area contributed by atoms with Crippen molar-refractivity contribution in [3.05, 3.63) is 18.2 Å². The number of nitrogens with two attached hydrogens (primary N) is 1. The van der Waals surface area contributed by atoms with Crippen molar-refractivity contribution in [1.29, 1.82) is 0 Å². The van der Waals surface area contributed by atoms with Crippen molar-refractivity contribution in [2.24, 2.45) is 0 Å². The van der Waals surface area contributed by atoms with E-state index in [1.807, 2.05) is 30.8 Å². The van der Waals surface area contributed by atoms with Gasteiger partial charge in [0.05, 0.1) is 18.0 Å². The molecule has 0 radical (unpaired) electrons. The van der Waals surface area contributed by atoms with Gasteiger partial charge in [-0.1, -0.05) is 13.0 Å². The Kier molecular flexibility index (Phi) is 4.05. The van der Waals surface area contributed by atoms with E-state index >= 15 is 0 Å². The smallest absolute Gasteiger partial charge is 0.144 e. The number of nitrogen functional groups attached to an aromatic ring is 1. The van der Waals surface area contributed by atoms with Gasteiger partial charge in [-0.15, -0.1) is 0 Å². The molecule has 1 aliphatic rings. The second-order valence-corrected chi connectivity index (χ2v) is 5.80. The highest BCUT2D eigenvalue weighted by atomic mass is 32.2. The molecule has 1 unspecified atom stereocenters. The van der Waals surface area contributed by atoms with Crippen LogP contribution >= 0.6 is 11.8 Å². The van der Waals surface area contributed by atoms with Crippen LogP contribution in [0.15, 0.2) is 18.2 Å². The molecule has 1 heterocycles. The van der Waals surface area contributed by atoms with Crippen LogP contribution in [0.25, 0.3) is 0 Å². The largest absolute Gasteiger partial charge is 0.492 e. The summed E-state index contributed by atoms with van der Waals surface area (Å²) >= 11 is 2.02. The lowest BCUT2D eigenvalue weighted by molar-refractivity contribution is 0.342. The fourth-order valence-corrected chi connectivity index (χ4v) is 3.14. The van der Waals surface area contributed by atoms with Crippen molar-refractivity contribution in [3.63, 3.8) is 0 Å². The second kappa shape index (κ2) is 5.54. The lowest BCUT2D eigenvalue weighted by Crippen LogP contribution is -2.37. The minimum atomic E-state index is 0.653. The summed E-state index contributed by atoms with van der Waals surface area (Å²) in [5.41, 5.74) is 8.06. The zero-order valence-electron chi connectivity index (χ0n) is 10.5. The van der Waals surface area contributed by atoms with E-state index in [-0.39, 0.29) is 0 Å². The Labute approximate surface area is 107 Å². The van der Waals surface area contributed by atoms with Crippen LogP contribution in [0.2, 0.25) is 0 Å². The van der Waals surface area contributed by atoms with E-state index in [9.17, 15) is 0 Å². The molecule has 2 N–H and O–H groups in total. The first kappa shape index (κ1) is 12.4. The van der Waals surface area contributed by atoms with Gasteiger partial charge in [-0.25, -0.2) is 0 Å². The van der Waals surface area contributed by atoms with Crippen molar-refractivity contribution >= 4 is 23.1 Å². The van der Waals surface area contributed by atoms with Gasteiger partial charge in [-0.3, -0.25) is 0 Å². The van der Waals surface area contributed by atoms with Crippen LogP contribution in [-0.4, -0.2) is 30.7 Å². The van der Waals surface area contributed by atoms with E-state index in [2.05, 4.69) is 17.9 Å². The molecule has 1 fully saturated rings. The molecule has 1 aromatic rings. The lowest BCUT2D eigenvalue weighted by Gasteiger charge is -2.33. The van der Waals surface area contributed by atoms with Gasteiger partial charge in [-0.2, -0.15) is 11.8 Å². The fraction of sp³-hybridized carbons (Fsp3) is 0.538. The summed E-state index contributed by atoms with van der Waals surface area (Å²) in [6.45, 7) is 7.02. The molecule has 17 heavy (non-hydrogen) atoms.